The molecule has 5 atom stereocenters. The largest absolute Gasteiger partial charge is 0.463 e. The first-order valence-corrected chi connectivity index (χ1v) is 7.53. The number of aliphatic imine (C=N–C) groups is 1. The highest BCUT2D eigenvalue weighted by atomic mass is 16.7. The van der Waals surface area contributed by atoms with Crippen LogP contribution in [0.2, 0.25) is 0 Å². The lowest BCUT2D eigenvalue weighted by molar-refractivity contribution is -0.266. The quantitative estimate of drug-likeness (QED) is 0.256. The molecule has 1 fully saturated rings. The fraction of sp³-hybridized carbons (Fsp3) is 0.667. The number of hydrogen-bond donors (Lipinski definition) is 0. The molecule has 0 unspecified atom stereocenters. The maximum Gasteiger partial charge on any atom is 0.305 e. The Labute approximate surface area is 148 Å². The van der Waals surface area contributed by atoms with Gasteiger partial charge in [0.2, 0.25) is 12.4 Å². The first-order valence-electron chi connectivity index (χ1n) is 7.53. The molecule has 26 heavy (non-hydrogen) atoms. The van der Waals surface area contributed by atoms with Gasteiger partial charge in [0.25, 0.3) is 0 Å². The van der Waals surface area contributed by atoms with Gasteiger partial charge in [0.1, 0.15) is 12.7 Å². The number of esters is 4. The third kappa shape index (κ3) is 6.26. The highest BCUT2D eigenvalue weighted by Crippen LogP contribution is 2.29. The van der Waals surface area contributed by atoms with Crippen molar-refractivity contribution in [3.8, 4) is 0 Å². The summed E-state index contributed by atoms with van der Waals surface area (Å²) in [7, 11) is 0. The molecule has 0 aliphatic carbocycles. The van der Waals surface area contributed by atoms with Crippen molar-refractivity contribution in [3.05, 3.63) is 0 Å². The summed E-state index contributed by atoms with van der Waals surface area (Å²) in [5.41, 5.74) is 0. The Hall–Kier alpha value is -2.78. The lowest BCUT2D eigenvalue weighted by Gasteiger charge is -2.42. The molecular weight excluding hydrogens is 354 g/mol. The molecule has 144 valence electrons. The molecule has 0 saturated carbocycles. The van der Waals surface area contributed by atoms with E-state index in [9.17, 15) is 24.0 Å². The smallest absolute Gasteiger partial charge is 0.305 e. The molecular formula is C15H19NO10. The second-order valence-corrected chi connectivity index (χ2v) is 5.31. The van der Waals surface area contributed by atoms with Crippen LogP contribution in [0.15, 0.2) is 4.99 Å². The van der Waals surface area contributed by atoms with Gasteiger partial charge in [-0.2, -0.15) is 4.99 Å². The first-order chi connectivity index (χ1) is 12.1. The van der Waals surface area contributed by atoms with Crippen LogP contribution in [0.3, 0.4) is 0 Å². The van der Waals surface area contributed by atoms with E-state index in [1.54, 1.807) is 0 Å². The predicted octanol–water partition coefficient (Wildman–Crippen LogP) is -0.595. The van der Waals surface area contributed by atoms with E-state index in [1.807, 2.05) is 0 Å². The normalized spacial score (nSPS) is 27.5. The molecule has 1 heterocycles. The topological polar surface area (TPSA) is 144 Å². The molecule has 11 heteroatoms. The summed E-state index contributed by atoms with van der Waals surface area (Å²) >= 11 is 0. The van der Waals surface area contributed by atoms with Crippen molar-refractivity contribution in [1.82, 2.24) is 0 Å². The average molecular weight is 373 g/mol. The molecule has 0 aromatic carbocycles. The van der Waals surface area contributed by atoms with Gasteiger partial charge in [-0.25, -0.2) is 4.79 Å². The lowest BCUT2D eigenvalue weighted by Crippen LogP contribution is -2.61. The number of ether oxygens (including phenoxy) is 5. The minimum Gasteiger partial charge on any atom is -0.463 e. The van der Waals surface area contributed by atoms with Crippen LogP contribution in [-0.2, 0) is 47.7 Å². The van der Waals surface area contributed by atoms with Crippen molar-refractivity contribution in [2.75, 3.05) is 6.61 Å². The van der Waals surface area contributed by atoms with Crippen molar-refractivity contribution in [2.24, 2.45) is 4.99 Å². The SMILES string of the molecule is CC(=O)OC[C@H]1O[C@@H](OC(C)=O)[C@H](N=C=O)[C@@H](OC(C)=O)[C@@H]1OC(C)=O. The third-order valence-corrected chi connectivity index (χ3v) is 3.15. The minimum absolute atomic E-state index is 0.389. The van der Waals surface area contributed by atoms with Gasteiger partial charge in [-0.1, -0.05) is 0 Å². The zero-order chi connectivity index (χ0) is 19.9. The van der Waals surface area contributed by atoms with E-state index in [-0.39, 0.29) is 6.61 Å². The number of carbonyl (C=O) groups excluding carboxylic acids is 5. The van der Waals surface area contributed by atoms with Crippen molar-refractivity contribution < 1.29 is 47.7 Å². The molecule has 0 N–H and O–H groups in total. The second-order valence-electron chi connectivity index (χ2n) is 5.31. The summed E-state index contributed by atoms with van der Waals surface area (Å²) in [6.07, 6.45) is -3.94. The Bertz CT molecular complexity index is 612. The molecule has 0 amide bonds. The lowest BCUT2D eigenvalue weighted by atomic mass is 9.96. The highest BCUT2D eigenvalue weighted by Gasteiger charge is 2.52. The summed E-state index contributed by atoms with van der Waals surface area (Å²) in [4.78, 5) is 59.5. The molecule has 1 rings (SSSR count). The van der Waals surface area contributed by atoms with E-state index in [1.165, 1.54) is 6.08 Å². The van der Waals surface area contributed by atoms with Gasteiger partial charge in [0.05, 0.1) is 0 Å². The molecule has 0 aromatic heterocycles. The number of isocyanates is 1. The van der Waals surface area contributed by atoms with Gasteiger partial charge in [0, 0.05) is 27.7 Å². The zero-order valence-electron chi connectivity index (χ0n) is 14.6. The molecule has 0 aromatic rings. The van der Waals surface area contributed by atoms with Crippen molar-refractivity contribution in [3.63, 3.8) is 0 Å². The van der Waals surface area contributed by atoms with Gasteiger partial charge in [0.15, 0.2) is 18.2 Å². The first kappa shape index (κ1) is 21.3. The van der Waals surface area contributed by atoms with Crippen molar-refractivity contribution >= 4 is 30.0 Å². The standard InChI is InChI=1S/C15H19NO10/c1-7(18)22-5-11-13(23-8(2)19)14(24-9(3)20)12(16-6-17)15(26-11)25-10(4)21/h11-15H,5H2,1-4H3/t11-,12-,13-,14-,15-/m1/s1. The van der Waals surface area contributed by atoms with Crippen molar-refractivity contribution in [2.45, 2.75) is 58.3 Å². The van der Waals surface area contributed by atoms with Crippen LogP contribution in [0.25, 0.3) is 0 Å². The molecule has 0 radical (unpaired) electrons. The van der Waals surface area contributed by atoms with Gasteiger partial charge >= 0.3 is 23.9 Å². The summed E-state index contributed by atoms with van der Waals surface area (Å²) in [5, 5.41) is 0. The fourth-order valence-corrected chi connectivity index (χ4v) is 2.34. The second kappa shape index (κ2) is 9.64. The molecule has 0 spiro atoms. The summed E-state index contributed by atoms with van der Waals surface area (Å²) in [6, 6.07) is -1.33. The summed E-state index contributed by atoms with van der Waals surface area (Å²) in [6.45, 7) is 4.04. The van der Waals surface area contributed by atoms with Crippen LogP contribution in [0.4, 0.5) is 0 Å². The van der Waals surface area contributed by atoms with E-state index in [2.05, 4.69) is 4.99 Å². The van der Waals surface area contributed by atoms with Crippen molar-refractivity contribution in [1.29, 1.82) is 0 Å². The Balaban J connectivity index is 3.28. The summed E-state index contributed by atoms with van der Waals surface area (Å²) in [5.74, 6) is -2.92. The number of nitrogens with zero attached hydrogens (tertiary/aromatic N) is 1. The molecule has 1 aliphatic heterocycles. The Morgan fingerprint density at radius 3 is 1.88 bits per heavy atom. The van der Waals surface area contributed by atoms with Gasteiger partial charge in [-0.3, -0.25) is 19.2 Å². The Kier molecular flexibility index (Phi) is 7.88. The third-order valence-electron chi connectivity index (χ3n) is 3.15. The molecule has 1 aliphatic rings. The predicted molar refractivity (Wildman–Crippen MR) is 80.1 cm³/mol. The molecule has 11 nitrogen and oxygen atoms in total. The van der Waals surface area contributed by atoms with Gasteiger partial charge in [-0.05, 0) is 0 Å². The minimum atomic E-state index is -1.45. The van der Waals surface area contributed by atoms with Gasteiger partial charge < -0.3 is 23.7 Å². The van der Waals surface area contributed by atoms with Crippen LogP contribution in [0.1, 0.15) is 27.7 Å². The highest BCUT2D eigenvalue weighted by molar-refractivity contribution is 5.68. The number of rotatable bonds is 6. The number of carbonyl (C=O) groups is 4. The van der Waals surface area contributed by atoms with E-state index >= 15 is 0 Å². The van der Waals surface area contributed by atoms with Crippen LogP contribution in [-0.4, -0.2) is 67.2 Å². The zero-order valence-corrected chi connectivity index (χ0v) is 14.6. The molecule has 1 saturated heterocycles. The van der Waals surface area contributed by atoms with Crippen LogP contribution >= 0.6 is 0 Å². The number of hydrogen-bond acceptors (Lipinski definition) is 11. The van der Waals surface area contributed by atoms with Crippen LogP contribution in [0, 0.1) is 0 Å². The van der Waals surface area contributed by atoms with E-state index < -0.39 is 54.5 Å². The monoisotopic (exact) mass is 373 g/mol. The maximum absolute atomic E-state index is 11.5. The van der Waals surface area contributed by atoms with E-state index in [0.717, 1.165) is 27.7 Å². The van der Waals surface area contributed by atoms with Crippen LogP contribution in [0.5, 0.6) is 0 Å². The summed E-state index contributed by atoms with van der Waals surface area (Å²) < 4.78 is 25.5. The van der Waals surface area contributed by atoms with E-state index in [0.29, 0.717) is 0 Å². The van der Waals surface area contributed by atoms with Gasteiger partial charge in [-0.15, -0.1) is 0 Å². The fourth-order valence-electron chi connectivity index (χ4n) is 2.34. The molecule has 0 bridgehead atoms. The average Bonchev–Trinajstić information content (AvgIpc) is 2.49. The van der Waals surface area contributed by atoms with Crippen LogP contribution < -0.4 is 0 Å². The Morgan fingerprint density at radius 2 is 1.42 bits per heavy atom. The Morgan fingerprint density at radius 1 is 0.885 bits per heavy atom. The maximum atomic E-state index is 11.5. The van der Waals surface area contributed by atoms with E-state index in [4.69, 9.17) is 23.7 Å².